The van der Waals surface area contributed by atoms with Gasteiger partial charge in [-0.05, 0) is 45.4 Å². The van der Waals surface area contributed by atoms with Crippen LogP contribution in [0.25, 0.3) is 0 Å². The number of aliphatic hydroxyl groups excluding tert-OH is 3. The number of nitrogens with one attached hydrogen (secondary N) is 7. The number of aliphatic imine (C=N–C) groups is 1. The molecule has 23 nitrogen and oxygen atoms in total. The molecule has 0 aromatic rings. The Hall–Kier alpha value is -5.13. The topological polar surface area (TPSA) is 392 Å². The molecule has 0 saturated carbocycles. The van der Waals surface area contributed by atoms with Crippen molar-refractivity contribution in [3.63, 3.8) is 0 Å². The average Bonchev–Trinajstić information content (AvgIpc) is 3.15. The first-order valence-corrected chi connectivity index (χ1v) is 19.2. The first-order chi connectivity index (χ1) is 27.1. The second-order valence-corrected chi connectivity index (χ2v) is 14.1. The van der Waals surface area contributed by atoms with Gasteiger partial charge in [0.15, 0.2) is 5.96 Å². The summed E-state index contributed by atoms with van der Waals surface area (Å²) in [5.41, 5.74) is 16.8. The number of guanidine groups is 1. The summed E-state index contributed by atoms with van der Waals surface area (Å²) in [7, 11) is 0. The third-order valence-electron chi connectivity index (χ3n) is 8.68. The van der Waals surface area contributed by atoms with Gasteiger partial charge in [-0.15, -0.1) is 0 Å². The molecule has 0 aliphatic rings. The van der Waals surface area contributed by atoms with Crippen LogP contribution in [0.2, 0.25) is 0 Å². The van der Waals surface area contributed by atoms with Crippen molar-refractivity contribution in [3.05, 3.63) is 0 Å². The number of carbonyl (C=O) groups is 8. The molecule has 0 aliphatic carbocycles. The summed E-state index contributed by atoms with van der Waals surface area (Å²) in [6.07, 6.45) is -0.748. The minimum atomic E-state index is -1.63. The maximum Gasteiger partial charge on any atom is 0.328 e. The number of carboxylic acid groups (broad SMARTS) is 1. The number of aliphatic hydroxyl groups is 3. The molecule has 0 fully saturated rings. The van der Waals surface area contributed by atoms with E-state index in [4.69, 9.17) is 27.4 Å². The molecule has 0 bridgehead atoms. The van der Waals surface area contributed by atoms with E-state index in [1.807, 2.05) is 12.2 Å². The SMILES string of the molecule is CCCC[C@H](NC(=O)[C@@H](N)[C@H](O)C(C)C)C(=O)NC(CCCN=C(N)N)C(=O)N[C@@H](CCC)C(=O)N[C@H](C(=O)NCC(=O)N[C@@H](C)C(=O)N[C@@H](CO)C(=O)O)C(C)O. The fourth-order valence-electron chi connectivity index (χ4n) is 5.17. The lowest BCUT2D eigenvalue weighted by molar-refractivity contribution is -0.143. The number of nitrogens with zero attached hydrogens (tertiary/aromatic N) is 1. The van der Waals surface area contributed by atoms with Gasteiger partial charge in [0.25, 0.3) is 0 Å². The van der Waals surface area contributed by atoms with E-state index in [0.29, 0.717) is 19.3 Å². The van der Waals surface area contributed by atoms with E-state index in [-0.39, 0.29) is 44.1 Å². The van der Waals surface area contributed by atoms with Crippen molar-refractivity contribution in [1.82, 2.24) is 37.2 Å². The summed E-state index contributed by atoms with van der Waals surface area (Å²) in [5, 5.41) is 55.3. The first kappa shape index (κ1) is 52.9. The Labute approximate surface area is 337 Å². The van der Waals surface area contributed by atoms with E-state index in [2.05, 4.69) is 36.9 Å². The largest absolute Gasteiger partial charge is 0.480 e. The normalized spacial score (nSPS) is 15.7. The molecular weight excluding hydrogens is 766 g/mol. The number of rotatable bonds is 28. The van der Waals surface area contributed by atoms with E-state index in [0.717, 1.165) is 0 Å². The highest BCUT2D eigenvalue weighted by Crippen LogP contribution is 2.09. The van der Waals surface area contributed by atoms with E-state index < -0.39 is 115 Å². The summed E-state index contributed by atoms with van der Waals surface area (Å²) < 4.78 is 0. The van der Waals surface area contributed by atoms with Crippen LogP contribution in [0, 0.1) is 5.92 Å². The van der Waals surface area contributed by atoms with Crippen molar-refractivity contribution >= 4 is 53.3 Å². The molecular formula is C35H65N11O12. The van der Waals surface area contributed by atoms with Crippen LogP contribution in [0.1, 0.15) is 86.5 Å². The predicted molar refractivity (Wildman–Crippen MR) is 210 cm³/mol. The number of unbranched alkanes of at least 4 members (excludes halogenated alkanes) is 1. The lowest BCUT2D eigenvalue weighted by atomic mass is 9.99. The summed E-state index contributed by atoms with van der Waals surface area (Å²) in [6, 6.07) is -9.54. The molecule has 58 heavy (non-hydrogen) atoms. The number of nitrogens with two attached hydrogens (primary N) is 3. The van der Waals surface area contributed by atoms with Gasteiger partial charge < -0.3 is 74.8 Å². The van der Waals surface area contributed by atoms with Crippen LogP contribution in [0.4, 0.5) is 0 Å². The van der Waals surface area contributed by atoms with E-state index in [1.54, 1.807) is 20.8 Å². The number of carbonyl (C=O) groups excluding carboxylic acids is 7. The van der Waals surface area contributed by atoms with Crippen molar-refractivity contribution in [1.29, 1.82) is 0 Å². The molecule has 0 aliphatic heterocycles. The van der Waals surface area contributed by atoms with Crippen molar-refractivity contribution in [2.75, 3.05) is 19.7 Å². The number of amides is 7. The van der Waals surface area contributed by atoms with Gasteiger partial charge in [0.05, 0.1) is 25.4 Å². The molecule has 332 valence electrons. The molecule has 0 radical (unpaired) electrons. The Bertz CT molecular complexity index is 1410. The maximum absolute atomic E-state index is 13.7. The van der Waals surface area contributed by atoms with Crippen LogP contribution in [0.15, 0.2) is 4.99 Å². The van der Waals surface area contributed by atoms with Gasteiger partial charge >= 0.3 is 5.97 Å². The van der Waals surface area contributed by atoms with Crippen LogP contribution in [0.5, 0.6) is 0 Å². The molecule has 0 aromatic carbocycles. The zero-order valence-electron chi connectivity index (χ0n) is 34.1. The van der Waals surface area contributed by atoms with Gasteiger partial charge in [-0.1, -0.05) is 47.0 Å². The molecule has 0 heterocycles. The van der Waals surface area contributed by atoms with Crippen LogP contribution in [0.3, 0.4) is 0 Å². The summed E-state index contributed by atoms with van der Waals surface area (Å²) in [6.45, 7) is 7.82. The third-order valence-corrected chi connectivity index (χ3v) is 8.68. The number of hydrogen-bond donors (Lipinski definition) is 14. The summed E-state index contributed by atoms with van der Waals surface area (Å²) in [4.78, 5) is 106. The molecule has 0 spiro atoms. The minimum Gasteiger partial charge on any atom is -0.480 e. The molecule has 9 atom stereocenters. The van der Waals surface area contributed by atoms with Crippen LogP contribution >= 0.6 is 0 Å². The lowest BCUT2D eigenvalue weighted by Crippen LogP contribution is -2.60. The van der Waals surface area contributed by atoms with Crippen LogP contribution < -0.4 is 54.4 Å². The van der Waals surface area contributed by atoms with Gasteiger partial charge in [-0.25, -0.2) is 4.79 Å². The molecule has 0 saturated heterocycles. The predicted octanol–water partition coefficient (Wildman–Crippen LogP) is -5.12. The van der Waals surface area contributed by atoms with Crippen LogP contribution in [-0.2, 0) is 38.4 Å². The standard InChI is InChI=1S/C35H65N11O12/c1-7-9-12-21(44-32(55)25(36)27(50)17(3)4)29(52)43-22(13-10-14-39-35(37)38)30(53)42-20(11-8-2)31(54)46-26(19(6)48)33(56)40-15-24(49)41-18(5)28(51)45-23(16-47)34(57)58/h17-23,25-27,47-48,50H,7-16,36H2,1-6H3,(H,40,56)(H,41,49)(H,42,53)(H,43,52)(H,44,55)(H,45,51)(H,46,54)(H,57,58)(H4,37,38,39)/t18-,19?,20-,21-,22?,23-,25-,26-,27+/m0/s1. The lowest BCUT2D eigenvalue weighted by Gasteiger charge is -2.28. The van der Waals surface area contributed by atoms with Gasteiger partial charge in [0.1, 0.15) is 42.3 Å². The molecule has 23 heteroatoms. The molecule has 17 N–H and O–H groups in total. The Balaban J connectivity index is 5.97. The molecule has 0 aromatic heterocycles. The second-order valence-electron chi connectivity index (χ2n) is 14.1. The van der Waals surface area contributed by atoms with Crippen molar-refractivity contribution in [3.8, 4) is 0 Å². The second kappa shape index (κ2) is 27.5. The third kappa shape index (κ3) is 19.8. The average molecular weight is 832 g/mol. The van der Waals surface area contributed by atoms with Crippen LogP contribution in [-0.4, -0.2) is 148 Å². The zero-order valence-corrected chi connectivity index (χ0v) is 34.1. The zero-order chi connectivity index (χ0) is 44.7. The summed E-state index contributed by atoms with van der Waals surface area (Å²) >= 11 is 0. The maximum atomic E-state index is 13.7. The van der Waals surface area contributed by atoms with Gasteiger partial charge in [-0.2, -0.15) is 0 Å². The summed E-state index contributed by atoms with van der Waals surface area (Å²) in [5.74, 6) is -8.07. The number of carboxylic acids is 1. The van der Waals surface area contributed by atoms with Crippen molar-refractivity contribution in [2.45, 2.75) is 141 Å². The Morgan fingerprint density at radius 3 is 1.60 bits per heavy atom. The van der Waals surface area contributed by atoms with E-state index in [9.17, 15) is 48.6 Å². The monoisotopic (exact) mass is 831 g/mol. The van der Waals surface area contributed by atoms with Gasteiger partial charge in [-0.3, -0.25) is 38.6 Å². The number of aliphatic carboxylic acids is 1. The fourth-order valence-corrected chi connectivity index (χ4v) is 5.17. The molecule has 2 unspecified atom stereocenters. The van der Waals surface area contributed by atoms with E-state index in [1.165, 1.54) is 13.8 Å². The molecule has 0 rings (SSSR count). The highest BCUT2D eigenvalue weighted by Gasteiger charge is 2.34. The smallest absolute Gasteiger partial charge is 0.328 e. The highest BCUT2D eigenvalue weighted by atomic mass is 16.4. The first-order valence-electron chi connectivity index (χ1n) is 19.2. The highest BCUT2D eigenvalue weighted by molar-refractivity contribution is 5.97. The fraction of sp³-hybridized carbons (Fsp3) is 0.743. The molecule has 7 amide bonds. The van der Waals surface area contributed by atoms with Crippen molar-refractivity contribution < 1.29 is 58.8 Å². The Kier molecular flexibility index (Phi) is 25.1. The van der Waals surface area contributed by atoms with Gasteiger partial charge in [0.2, 0.25) is 41.4 Å². The van der Waals surface area contributed by atoms with E-state index >= 15 is 0 Å². The minimum absolute atomic E-state index is 0.0164. The Morgan fingerprint density at radius 2 is 1.14 bits per heavy atom. The van der Waals surface area contributed by atoms with Gasteiger partial charge in [0, 0.05) is 6.54 Å². The van der Waals surface area contributed by atoms with Crippen molar-refractivity contribution in [2.24, 2.45) is 28.1 Å². The number of hydrogen-bond acceptors (Lipinski definition) is 13. The Morgan fingerprint density at radius 1 is 0.638 bits per heavy atom. The quantitative estimate of drug-likeness (QED) is 0.0199.